The Morgan fingerprint density at radius 1 is 1.03 bits per heavy atom. The standard InChI is InChI=1S/C27H22F2N4O3/c1-3-35-22-11-9-17(10-12-22)24-23(26-31-25(32-36-26)18-7-5-4-6-8-18)16(2)33(27(34)30-24)21-14-19(28)13-20(29)15-21/h4-15,24H,3H2,1-2H3,(H,30,34). The third kappa shape index (κ3) is 4.43. The van der Waals surface area contributed by atoms with Crippen molar-refractivity contribution in [3.63, 3.8) is 0 Å². The van der Waals surface area contributed by atoms with E-state index in [1.807, 2.05) is 49.4 Å². The van der Waals surface area contributed by atoms with Crippen molar-refractivity contribution in [2.45, 2.75) is 19.9 Å². The number of ether oxygens (including phenoxy) is 1. The van der Waals surface area contributed by atoms with Crippen LogP contribution in [0.1, 0.15) is 31.3 Å². The lowest BCUT2D eigenvalue weighted by atomic mass is 9.94. The molecule has 3 aromatic carbocycles. The highest BCUT2D eigenvalue weighted by atomic mass is 19.1. The summed E-state index contributed by atoms with van der Waals surface area (Å²) < 4.78 is 39.2. The van der Waals surface area contributed by atoms with Crippen LogP contribution in [0.5, 0.6) is 5.75 Å². The smallest absolute Gasteiger partial charge is 0.327 e. The van der Waals surface area contributed by atoms with Crippen LogP contribution in [0.15, 0.2) is 83.0 Å². The van der Waals surface area contributed by atoms with Crippen LogP contribution in [0.25, 0.3) is 17.0 Å². The van der Waals surface area contributed by atoms with E-state index in [1.165, 1.54) is 4.90 Å². The molecule has 0 saturated heterocycles. The Kier molecular flexibility index (Phi) is 6.20. The third-order valence-electron chi connectivity index (χ3n) is 5.80. The second kappa shape index (κ2) is 9.61. The monoisotopic (exact) mass is 488 g/mol. The maximum atomic E-state index is 14.0. The minimum Gasteiger partial charge on any atom is -0.494 e. The Morgan fingerprint density at radius 3 is 2.39 bits per heavy atom. The zero-order chi connectivity index (χ0) is 25.2. The highest BCUT2D eigenvalue weighted by Crippen LogP contribution is 2.39. The molecule has 1 atom stereocenters. The SMILES string of the molecule is CCOc1ccc(C2NC(=O)N(c3cc(F)cc(F)c3)C(C)=C2c2nc(-c3ccccc3)no2)cc1. The van der Waals surface area contributed by atoms with Gasteiger partial charge in [0.05, 0.1) is 23.9 Å². The molecule has 0 bridgehead atoms. The number of anilines is 1. The van der Waals surface area contributed by atoms with Crippen molar-refractivity contribution in [2.24, 2.45) is 0 Å². The van der Waals surface area contributed by atoms with E-state index in [0.29, 0.717) is 29.5 Å². The van der Waals surface area contributed by atoms with Crippen molar-refractivity contribution in [2.75, 3.05) is 11.5 Å². The minimum absolute atomic E-state index is 0.0351. The molecule has 4 aromatic rings. The first kappa shape index (κ1) is 23.2. The van der Waals surface area contributed by atoms with Crippen LogP contribution in [0.3, 0.4) is 0 Å². The fourth-order valence-electron chi connectivity index (χ4n) is 4.21. The number of rotatable bonds is 6. The molecule has 9 heteroatoms. The molecule has 2 heterocycles. The number of hydrogen-bond acceptors (Lipinski definition) is 5. The van der Waals surface area contributed by atoms with Gasteiger partial charge in [-0.15, -0.1) is 0 Å². The van der Waals surface area contributed by atoms with Gasteiger partial charge < -0.3 is 14.6 Å². The molecule has 0 fully saturated rings. The largest absolute Gasteiger partial charge is 0.494 e. The molecule has 0 saturated carbocycles. The van der Waals surface area contributed by atoms with Gasteiger partial charge in [-0.1, -0.05) is 47.6 Å². The Bertz CT molecular complexity index is 1410. The zero-order valence-corrected chi connectivity index (χ0v) is 19.5. The summed E-state index contributed by atoms with van der Waals surface area (Å²) in [6.45, 7) is 4.08. The number of benzene rings is 3. The van der Waals surface area contributed by atoms with Gasteiger partial charge in [-0.05, 0) is 43.7 Å². The number of nitrogens with zero attached hydrogens (tertiary/aromatic N) is 3. The predicted molar refractivity (Wildman–Crippen MR) is 130 cm³/mol. The van der Waals surface area contributed by atoms with E-state index < -0.39 is 23.7 Å². The summed E-state index contributed by atoms with van der Waals surface area (Å²) in [6.07, 6.45) is 0. The lowest BCUT2D eigenvalue weighted by Gasteiger charge is -2.35. The maximum Gasteiger partial charge on any atom is 0.327 e. The highest BCUT2D eigenvalue weighted by Gasteiger charge is 2.36. The predicted octanol–water partition coefficient (Wildman–Crippen LogP) is 6.12. The number of carbonyl (C=O) groups is 1. The van der Waals surface area contributed by atoms with Crippen molar-refractivity contribution in [3.05, 3.63) is 102 Å². The Balaban J connectivity index is 1.64. The molecule has 0 radical (unpaired) electrons. The van der Waals surface area contributed by atoms with Gasteiger partial charge in [-0.2, -0.15) is 4.98 Å². The van der Waals surface area contributed by atoms with Crippen LogP contribution in [0, 0.1) is 11.6 Å². The molecule has 1 aromatic heterocycles. The van der Waals surface area contributed by atoms with E-state index in [0.717, 1.165) is 29.3 Å². The fourth-order valence-corrected chi connectivity index (χ4v) is 4.21. The van der Waals surface area contributed by atoms with E-state index in [4.69, 9.17) is 9.26 Å². The number of carbonyl (C=O) groups excluding carboxylic acids is 1. The first-order valence-electron chi connectivity index (χ1n) is 11.3. The number of amides is 2. The Hall–Kier alpha value is -4.53. The Morgan fingerprint density at radius 2 is 1.72 bits per heavy atom. The summed E-state index contributed by atoms with van der Waals surface area (Å²) in [4.78, 5) is 19.0. The summed E-state index contributed by atoms with van der Waals surface area (Å²) >= 11 is 0. The quantitative estimate of drug-likeness (QED) is 0.354. The molecule has 7 nitrogen and oxygen atoms in total. The van der Waals surface area contributed by atoms with E-state index in [1.54, 1.807) is 19.1 Å². The molecule has 2 amide bonds. The van der Waals surface area contributed by atoms with Gasteiger partial charge in [-0.3, -0.25) is 4.90 Å². The average Bonchev–Trinajstić information content (AvgIpc) is 3.34. The summed E-state index contributed by atoms with van der Waals surface area (Å²) in [6, 6.07) is 18.3. The minimum atomic E-state index is -0.801. The first-order chi connectivity index (χ1) is 17.4. The summed E-state index contributed by atoms with van der Waals surface area (Å²) in [5, 5.41) is 7.03. The van der Waals surface area contributed by atoms with Crippen molar-refractivity contribution >= 4 is 17.3 Å². The van der Waals surface area contributed by atoms with Gasteiger partial charge in [0.1, 0.15) is 17.4 Å². The number of allylic oxidation sites excluding steroid dienone is 1. The molecule has 1 aliphatic rings. The summed E-state index contributed by atoms with van der Waals surface area (Å²) in [5.74, 6) is -0.370. The number of aromatic nitrogens is 2. The van der Waals surface area contributed by atoms with Crippen LogP contribution in [0.2, 0.25) is 0 Å². The normalized spacial score (nSPS) is 15.7. The van der Waals surface area contributed by atoms with E-state index in [9.17, 15) is 13.6 Å². The molecule has 0 aliphatic carbocycles. The second-order valence-electron chi connectivity index (χ2n) is 8.14. The van der Waals surface area contributed by atoms with E-state index in [2.05, 4.69) is 15.5 Å². The average molecular weight is 488 g/mol. The number of hydrogen-bond donors (Lipinski definition) is 1. The summed E-state index contributed by atoms with van der Waals surface area (Å²) in [5.41, 5.74) is 2.43. The van der Waals surface area contributed by atoms with Crippen LogP contribution < -0.4 is 15.0 Å². The van der Waals surface area contributed by atoms with Crippen LogP contribution >= 0.6 is 0 Å². The van der Waals surface area contributed by atoms with Crippen molar-refractivity contribution in [1.29, 1.82) is 0 Å². The number of urea groups is 1. The van der Waals surface area contributed by atoms with Crippen molar-refractivity contribution in [3.8, 4) is 17.1 Å². The summed E-state index contributed by atoms with van der Waals surface area (Å²) in [7, 11) is 0. The molecular weight excluding hydrogens is 466 g/mol. The van der Waals surface area contributed by atoms with Gasteiger partial charge in [0, 0.05) is 17.3 Å². The lowest BCUT2D eigenvalue weighted by molar-refractivity contribution is 0.244. The molecule has 0 spiro atoms. The number of halogens is 2. The van der Waals surface area contributed by atoms with Gasteiger partial charge in [0.15, 0.2) is 0 Å². The van der Waals surface area contributed by atoms with Crippen molar-refractivity contribution < 1.29 is 22.8 Å². The highest BCUT2D eigenvalue weighted by molar-refractivity contribution is 6.01. The maximum absolute atomic E-state index is 14.0. The lowest BCUT2D eigenvalue weighted by Crippen LogP contribution is -2.46. The van der Waals surface area contributed by atoms with Gasteiger partial charge >= 0.3 is 6.03 Å². The van der Waals surface area contributed by atoms with E-state index >= 15 is 0 Å². The zero-order valence-electron chi connectivity index (χ0n) is 19.5. The second-order valence-corrected chi connectivity index (χ2v) is 8.14. The van der Waals surface area contributed by atoms with E-state index in [-0.39, 0.29) is 11.6 Å². The molecule has 36 heavy (non-hydrogen) atoms. The fraction of sp³-hybridized carbons (Fsp3) is 0.148. The van der Waals surface area contributed by atoms with Crippen molar-refractivity contribution in [1.82, 2.24) is 15.5 Å². The van der Waals surface area contributed by atoms with Gasteiger partial charge in [0.2, 0.25) is 5.82 Å². The van der Waals surface area contributed by atoms with Crippen LogP contribution in [0.4, 0.5) is 19.3 Å². The molecule has 1 aliphatic heterocycles. The molecular formula is C27H22F2N4O3. The topological polar surface area (TPSA) is 80.5 Å². The van der Waals surface area contributed by atoms with Crippen LogP contribution in [-0.4, -0.2) is 22.8 Å². The molecule has 182 valence electrons. The Labute approximate surface area is 206 Å². The van der Waals surface area contributed by atoms with Gasteiger partial charge in [-0.25, -0.2) is 13.6 Å². The van der Waals surface area contributed by atoms with Gasteiger partial charge in [0.25, 0.3) is 5.89 Å². The third-order valence-corrected chi connectivity index (χ3v) is 5.80. The first-order valence-corrected chi connectivity index (χ1v) is 11.3. The van der Waals surface area contributed by atoms with Crippen LogP contribution in [-0.2, 0) is 0 Å². The number of nitrogens with one attached hydrogen (secondary N) is 1. The molecule has 5 rings (SSSR count). The molecule has 1 unspecified atom stereocenters. The molecule has 1 N–H and O–H groups in total.